The Bertz CT molecular complexity index is 1260. The van der Waals surface area contributed by atoms with E-state index >= 15 is 0 Å². The van der Waals surface area contributed by atoms with Gasteiger partial charge >= 0.3 is 12.3 Å². The van der Waals surface area contributed by atoms with Gasteiger partial charge < -0.3 is 14.5 Å². The topological polar surface area (TPSA) is 128 Å². The highest BCUT2D eigenvalue weighted by molar-refractivity contribution is 7.90. The van der Waals surface area contributed by atoms with E-state index in [0.717, 1.165) is 6.92 Å². The summed E-state index contributed by atoms with van der Waals surface area (Å²) >= 11 is 0. The lowest BCUT2D eigenvalue weighted by Gasteiger charge is -2.35. The Kier molecular flexibility index (Phi) is 7.35. The van der Waals surface area contributed by atoms with Crippen LogP contribution in [-0.2, 0) is 32.1 Å². The number of hydrogen-bond acceptors (Lipinski definition) is 8. The third kappa shape index (κ3) is 6.50. The van der Waals surface area contributed by atoms with Crippen LogP contribution in [0, 0.1) is 6.92 Å². The highest BCUT2D eigenvalue weighted by atomic mass is 32.2. The minimum atomic E-state index is -4.89. The van der Waals surface area contributed by atoms with Gasteiger partial charge in [0.25, 0.3) is 0 Å². The SMILES string of the molecule is Cc1c(-c2cnn(CC(=O)N3CCN(C(=O)OC(C)(C)C)CC3)c2)nc(S(C)(=O)=O)nc1C(F)(F)F. The number of ether oxygens (including phenoxy) is 1. The number of halogens is 3. The van der Waals surface area contributed by atoms with E-state index < -0.39 is 38.6 Å². The van der Waals surface area contributed by atoms with Crippen molar-refractivity contribution in [3.05, 3.63) is 23.7 Å². The van der Waals surface area contributed by atoms with Crippen LogP contribution in [0.2, 0.25) is 0 Å². The van der Waals surface area contributed by atoms with Gasteiger partial charge in [-0.2, -0.15) is 18.3 Å². The quantitative estimate of drug-likeness (QED) is 0.548. The van der Waals surface area contributed by atoms with Crippen molar-refractivity contribution in [2.75, 3.05) is 32.4 Å². The Morgan fingerprint density at radius 3 is 2.17 bits per heavy atom. The number of piperazine rings is 1. The first-order valence-corrected chi connectivity index (χ1v) is 12.8. The molecule has 0 spiro atoms. The van der Waals surface area contributed by atoms with E-state index in [1.54, 1.807) is 25.7 Å². The van der Waals surface area contributed by atoms with E-state index in [1.165, 1.54) is 22.0 Å². The van der Waals surface area contributed by atoms with Gasteiger partial charge in [0.15, 0.2) is 5.69 Å². The molecular weight excluding hydrogens is 505 g/mol. The van der Waals surface area contributed by atoms with E-state index in [-0.39, 0.29) is 42.4 Å². The summed E-state index contributed by atoms with van der Waals surface area (Å²) in [5, 5.41) is 3.07. The summed E-state index contributed by atoms with van der Waals surface area (Å²) < 4.78 is 70.7. The molecule has 0 unspecified atom stereocenters. The molecule has 1 aliphatic heterocycles. The van der Waals surface area contributed by atoms with Gasteiger partial charge in [0.2, 0.25) is 20.9 Å². The fraction of sp³-hybridized carbons (Fsp3) is 0.571. The summed E-state index contributed by atoms with van der Waals surface area (Å²) in [5.41, 5.74) is -2.50. The lowest BCUT2D eigenvalue weighted by Crippen LogP contribution is -2.52. The van der Waals surface area contributed by atoms with E-state index in [2.05, 4.69) is 15.1 Å². The van der Waals surface area contributed by atoms with Crippen LogP contribution < -0.4 is 0 Å². The van der Waals surface area contributed by atoms with Gasteiger partial charge in [-0.25, -0.2) is 23.2 Å². The number of rotatable bonds is 4. The molecule has 1 fully saturated rings. The summed E-state index contributed by atoms with van der Waals surface area (Å²) in [7, 11) is -4.13. The van der Waals surface area contributed by atoms with Gasteiger partial charge in [0, 0.05) is 49.8 Å². The van der Waals surface area contributed by atoms with Crippen molar-refractivity contribution in [2.45, 2.75) is 51.2 Å². The number of aromatic nitrogens is 4. The molecule has 36 heavy (non-hydrogen) atoms. The number of carbonyl (C=O) groups excluding carboxylic acids is 2. The number of sulfone groups is 1. The molecule has 0 radical (unpaired) electrons. The zero-order valence-corrected chi connectivity index (χ0v) is 21.3. The Morgan fingerprint density at radius 2 is 1.64 bits per heavy atom. The van der Waals surface area contributed by atoms with E-state index in [1.807, 2.05) is 0 Å². The van der Waals surface area contributed by atoms with Gasteiger partial charge in [-0.05, 0) is 27.7 Å². The third-order valence-corrected chi connectivity index (χ3v) is 6.06. The van der Waals surface area contributed by atoms with Crippen molar-refractivity contribution < 1.29 is 35.9 Å². The fourth-order valence-electron chi connectivity index (χ4n) is 3.49. The molecule has 2 amide bonds. The molecule has 15 heteroatoms. The molecule has 0 aromatic carbocycles. The van der Waals surface area contributed by atoms with Crippen LogP contribution in [0.4, 0.5) is 18.0 Å². The summed E-state index contributed by atoms with van der Waals surface area (Å²) in [6.07, 6.45) is -2.12. The summed E-state index contributed by atoms with van der Waals surface area (Å²) in [6.45, 7) is 7.36. The average molecular weight is 533 g/mol. The first-order chi connectivity index (χ1) is 16.5. The zero-order chi connectivity index (χ0) is 27.1. The molecular formula is C21H27F3N6O5S. The van der Waals surface area contributed by atoms with E-state index in [0.29, 0.717) is 19.3 Å². The molecule has 11 nitrogen and oxygen atoms in total. The maximum absolute atomic E-state index is 13.5. The fourth-order valence-corrected chi connectivity index (χ4v) is 4.01. The molecule has 1 saturated heterocycles. The smallest absolute Gasteiger partial charge is 0.433 e. The molecule has 0 atom stereocenters. The van der Waals surface area contributed by atoms with Crippen molar-refractivity contribution in [1.29, 1.82) is 0 Å². The number of hydrogen-bond donors (Lipinski definition) is 0. The van der Waals surface area contributed by atoms with Gasteiger partial charge in [0.05, 0.1) is 11.9 Å². The molecule has 0 saturated carbocycles. The normalized spacial score (nSPS) is 15.2. The lowest BCUT2D eigenvalue weighted by atomic mass is 10.1. The summed E-state index contributed by atoms with van der Waals surface area (Å²) in [6, 6.07) is 0. The zero-order valence-electron chi connectivity index (χ0n) is 20.5. The molecule has 3 heterocycles. The highest BCUT2D eigenvalue weighted by Gasteiger charge is 2.37. The van der Waals surface area contributed by atoms with E-state index in [9.17, 15) is 31.2 Å². The number of nitrogens with zero attached hydrogens (tertiary/aromatic N) is 6. The maximum atomic E-state index is 13.5. The van der Waals surface area contributed by atoms with Crippen LogP contribution in [0.25, 0.3) is 11.3 Å². The number of amides is 2. The largest absolute Gasteiger partial charge is 0.444 e. The minimum absolute atomic E-state index is 0.104. The summed E-state index contributed by atoms with van der Waals surface area (Å²) in [5.74, 6) is -0.305. The maximum Gasteiger partial charge on any atom is 0.433 e. The van der Waals surface area contributed by atoms with Gasteiger partial charge in [-0.1, -0.05) is 0 Å². The second-order valence-electron chi connectivity index (χ2n) is 9.37. The van der Waals surface area contributed by atoms with Crippen LogP contribution in [0.15, 0.2) is 17.6 Å². The number of carbonyl (C=O) groups is 2. The van der Waals surface area contributed by atoms with Gasteiger partial charge in [0.1, 0.15) is 12.1 Å². The Balaban J connectivity index is 1.74. The number of alkyl halides is 3. The van der Waals surface area contributed by atoms with E-state index in [4.69, 9.17) is 4.74 Å². The standard InChI is InChI=1S/C21H27F3N6O5S/c1-13-16(26-18(36(5,33)34)27-17(13)21(22,23)24)14-10-25-30(11-14)12-15(31)28-6-8-29(9-7-28)19(32)35-20(2,3)4/h10-11H,6-9,12H2,1-5H3. The molecule has 3 rings (SSSR count). The molecule has 0 bridgehead atoms. The van der Waals surface area contributed by atoms with Crippen molar-refractivity contribution in [1.82, 2.24) is 29.5 Å². The van der Waals surface area contributed by atoms with Gasteiger partial charge in [-0.15, -0.1) is 0 Å². The molecule has 1 aliphatic rings. The van der Waals surface area contributed by atoms with Crippen LogP contribution in [0.5, 0.6) is 0 Å². The summed E-state index contributed by atoms with van der Waals surface area (Å²) in [4.78, 5) is 35.0. The molecule has 2 aromatic heterocycles. The molecule has 0 aliphatic carbocycles. The van der Waals surface area contributed by atoms with Crippen molar-refractivity contribution in [3.8, 4) is 11.3 Å². The Morgan fingerprint density at radius 1 is 1.06 bits per heavy atom. The lowest BCUT2D eigenvalue weighted by molar-refractivity contribution is -0.142. The Labute approximate surface area is 206 Å². The van der Waals surface area contributed by atoms with Crippen LogP contribution in [-0.4, -0.2) is 88.0 Å². The van der Waals surface area contributed by atoms with Gasteiger partial charge in [-0.3, -0.25) is 9.48 Å². The van der Waals surface area contributed by atoms with Crippen LogP contribution >= 0.6 is 0 Å². The monoisotopic (exact) mass is 532 g/mol. The highest BCUT2D eigenvalue weighted by Crippen LogP contribution is 2.34. The first-order valence-electron chi connectivity index (χ1n) is 10.9. The van der Waals surface area contributed by atoms with Crippen molar-refractivity contribution in [2.24, 2.45) is 0 Å². The average Bonchev–Trinajstić information content (AvgIpc) is 3.19. The predicted octanol–water partition coefficient (Wildman–Crippen LogP) is 2.15. The van der Waals surface area contributed by atoms with Crippen molar-refractivity contribution in [3.63, 3.8) is 0 Å². The molecule has 198 valence electrons. The van der Waals surface area contributed by atoms with Crippen LogP contribution in [0.3, 0.4) is 0 Å². The minimum Gasteiger partial charge on any atom is -0.444 e. The molecule has 0 N–H and O–H groups in total. The first kappa shape index (κ1) is 27.4. The van der Waals surface area contributed by atoms with Crippen LogP contribution in [0.1, 0.15) is 32.0 Å². The second kappa shape index (κ2) is 9.67. The Hall–Kier alpha value is -3.23. The molecule has 2 aromatic rings. The van der Waals surface area contributed by atoms with Crippen molar-refractivity contribution >= 4 is 21.8 Å². The predicted molar refractivity (Wildman–Crippen MR) is 120 cm³/mol. The third-order valence-electron chi connectivity index (χ3n) is 5.21. The second-order valence-corrected chi connectivity index (χ2v) is 11.3.